The van der Waals surface area contributed by atoms with Crippen molar-refractivity contribution in [2.75, 3.05) is 52.3 Å². The van der Waals surface area contributed by atoms with Crippen molar-refractivity contribution in [2.45, 2.75) is 65.1 Å². The van der Waals surface area contributed by atoms with Crippen LogP contribution in [0.3, 0.4) is 0 Å². The van der Waals surface area contributed by atoms with E-state index in [1.54, 1.807) is 16.0 Å². The van der Waals surface area contributed by atoms with E-state index in [4.69, 9.17) is 4.74 Å². The van der Waals surface area contributed by atoms with E-state index in [0.717, 1.165) is 42.6 Å². The number of aromatic amines is 2. The summed E-state index contributed by atoms with van der Waals surface area (Å²) in [5, 5.41) is 11.2. The fourth-order valence-electron chi connectivity index (χ4n) is 5.80. The number of likely N-dealkylation sites (tertiary alicyclic amines) is 1. The Morgan fingerprint density at radius 3 is 2.42 bits per heavy atom. The van der Waals surface area contributed by atoms with E-state index in [2.05, 4.69) is 45.9 Å². The summed E-state index contributed by atoms with van der Waals surface area (Å²) < 4.78 is 9.25. The number of nitrogens with zero attached hydrogens (tertiary/aromatic N) is 4. The highest BCUT2D eigenvalue weighted by Gasteiger charge is 2.37. The summed E-state index contributed by atoms with van der Waals surface area (Å²) in [4.78, 5) is 80.6. The number of unbranched alkanes of at least 4 members (excludes halogenated alkanes) is 1. The molecule has 6 N–H and O–H groups in total. The zero-order chi connectivity index (χ0) is 37.6. The van der Waals surface area contributed by atoms with E-state index in [1.807, 2.05) is 45.0 Å². The molecule has 2 atom stereocenters. The SMILES string of the molecule is CCCCN(Cc1ncc(C(=O)NCCNc2ccc(-c3cnc([C@@H]4CCCN4C(=O)[C@@H](NC(=O)OC)C(C)C)[nH]3)cc2)[nH]1)C(=O)CNC(=O)OC. The number of H-pyrrole nitrogens is 2. The van der Waals surface area contributed by atoms with Gasteiger partial charge in [-0.1, -0.05) is 39.3 Å². The second-order valence-electron chi connectivity index (χ2n) is 12.7. The zero-order valence-corrected chi connectivity index (χ0v) is 30.4. The van der Waals surface area contributed by atoms with Gasteiger partial charge in [-0.05, 0) is 42.9 Å². The normalized spacial score (nSPS) is 14.4. The predicted octanol–water partition coefficient (Wildman–Crippen LogP) is 3.17. The van der Waals surface area contributed by atoms with Crippen LogP contribution in [0.4, 0.5) is 15.3 Å². The lowest BCUT2D eigenvalue weighted by molar-refractivity contribution is -0.135. The predicted molar refractivity (Wildman–Crippen MR) is 192 cm³/mol. The Morgan fingerprint density at radius 2 is 1.73 bits per heavy atom. The first-order chi connectivity index (χ1) is 25.0. The van der Waals surface area contributed by atoms with Gasteiger partial charge >= 0.3 is 12.2 Å². The number of aromatic nitrogens is 4. The van der Waals surface area contributed by atoms with Crippen molar-refractivity contribution in [2.24, 2.45) is 5.92 Å². The van der Waals surface area contributed by atoms with Gasteiger partial charge in [0.25, 0.3) is 5.91 Å². The number of nitrogens with one attached hydrogen (secondary N) is 6. The first kappa shape index (κ1) is 39.2. The van der Waals surface area contributed by atoms with E-state index in [9.17, 15) is 24.0 Å². The van der Waals surface area contributed by atoms with Crippen molar-refractivity contribution in [1.82, 2.24) is 45.7 Å². The Morgan fingerprint density at radius 1 is 0.981 bits per heavy atom. The number of rotatable bonds is 17. The highest BCUT2D eigenvalue weighted by Crippen LogP contribution is 2.33. The molecule has 1 aliphatic heterocycles. The van der Waals surface area contributed by atoms with Crippen LogP contribution in [0.15, 0.2) is 36.7 Å². The molecular formula is C35H50N10O7. The van der Waals surface area contributed by atoms with Gasteiger partial charge in [0.15, 0.2) is 0 Å². The first-order valence-electron chi connectivity index (χ1n) is 17.5. The molecule has 0 spiro atoms. The smallest absolute Gasteiger partial charge is 0.407 e. The number of hydrogen-bond acceptors (Lipinski definition) is 10. The molecule has 0 unspecified atom stereocenters. The summed E-state index contributed by atoms with van der Waals surface area (Å²) in [6, 6.07) is 6.85. The lowest BCUT2D eigenvalue weighted by atomic mass is 10.0. The van der Waals surface area contributed by atoms with E-state index in [-0.39, 0.29) is 48.5 Å². The lowest BCUT2D eigenvalue weighted by Gasteiger charge is -2.30. The molecule has 0 radical (unpaired) electrons. The highest BCUT2D eigenvalue weighted by atomic mass is 16.5. The second kappa shape index (κ2) is 19.1. The van der Waals surface area contributed by atoms with Crippen LogP contribution < -0.4 is 21.3 Å². The number of anilines is 1. The van der Waals surface area contributed by atoms with Crippen LogP contribution in [-0.2, 0) is 25.6 Å². The van der Waals surface area contributed by atoms with Crippen LogP contribution in [0, 0.1) is 5.92 Å². The molecule has 3 heterocycles. The Bertz CT molecular complexity index is 1650. The van der Waals surface area contributed by atoms with Crippen LogP contribution in [0.1, 0.15) is 74.6 Å². The molecule has 0 saturated carbocycles. The van der Waals surface area contributed by atoms with Gasteiger partial charge < -0.3 is 50.5 Å². The summed E-state index contributed by atoms with van der Waals surface area (Å²) in [7, 11) is 2.50. The fraction of sp³-hybridized carbons (Fsp3) is 0.514. The maximum Gasteiger partial charge on any atom is 0.407 e. The molecule has 282 valence electrons. The van der Waals surface area contributed by atoms with Crippen LogP contribution in [-0.4, -0.2) is 113 Å². The van der Waals surface area contributed by atoms with E-state index < -0.39 is 18.2 Å². The van der Waals surface area contributed by atoms with Crippen molar-refractivity contribution in [3.8, 4) is 11.3 Å². The number of amides is 5. The Hall–Kier alpha value is -5.61. The van der Waals surface area contributed by atoms with Crippen LogP contribution in [0.2, 0.25) is 0 Å². The summed E-state index contributed by atoms with van der Waals surface area (Å²) >= 11 is 0. The largest absolute Gasteiger partial charge is 0.453 e. The third-order valence-electron chi connectivity index (χ3n) is 8.69. The van der Waals surface area contributed by atoms with Crippen molar-refractivity contribution in [3.63, 3.8) is 0 Å². The fourth-order valence-corrected chi connectivity index (χ4v) is 5.80. The minimum absolute atomic E-state index is 0.116. The van der Waals surface area contributed by atoms with Crippen LogP contribution >= 0.6 is 0 Å². The number of methoxy groups -OCH3 is 2. The number of carbonyl (C=O) groups is 5. The number of hydrogen-bond donors (Lipinski definition) is 6. The molecule has 1 saturated heterocycles. The quantitative estimate of drug-likeness (QED) is 0.112. The Labute approximate surface area is 303 Å². The van der Waals surface area contributed by atoms with Crippen LogP contribution in [0.5, 0.6) is 0 Å². The van der Waals surface area contributed by atoms with Crippen molar-refractivity contribution >= 4 is 35.6 Å². The Kier molecular flexibility index (Phi) is 14.4. The summed E-state index contributed by atoms with van der Waals surface area (Å²) in [6.45, 7) is 7.62. The molecule has 17 nitrogen and oxygen atoms in total. The molecule has 2 aromatic heterocycles. The molecule has 17 heteroatoms. The van der Waals surface area contributed by atoms with Crippen molar-refractivity contribution < 1.29 is 33.4 Å². The van der Waals surface area contributed by atoms with Crippen molar-refractivity contribution in [1.29, 1.82) is 0 Å². The lowest BCUT2D eigenvalue weighted by Crippen LogP contribution is -2.51. The number of carbonyl (C=O) groups excluding carboxylic acids is 5. The monoisotopic (exact) mass is 722 g/mol. The molecule has 0 bridgehead atoms. The highest BCUT2D eigenvalue weighted by molar-refractivity contribution is 5.92. The third kappa shape index (κ3) is 10.7. The van der Waals surface area contributed by atoms with E-state index >= 15 is 0 Å². The summed E-state index contributed by atoms with van der Waals surface area (Å²) in [5.74, 6) is 0.260. The Balaban J connectivity index is 1.25. The first-order valence-corrected chi connectivity index (χ1v) is 17.5. The van der Waals surface area contributed by atoms with Gasteiger partial charge in [-0.2, -0.15) is 0 Å². The van der Waals surface area contributed by atoms with Gasteiger partial charge in [-0.3, -0.25) is 14.4 Å². The van der Waals surface area contributed by atoms with Gasteiger partial charge in [-0.25, -0.2) is 19.6 Å². The number of imidazole rings is 2. The van der Waals surface area contributed by atoms with Gasteiger partial charge in [0.2, 0.25) is 11.8 Å². The molecule has 1 fully saturated rings. The molecule has 0 aliphatic carbocycles. The molecular weight excluding hydrogens is 672 g/mol. The van der Waals surface area contributed by atoms with Gasteiger partial charge in [-0.15, -0.1) is 0 Å². The zero-order valence-electron chi connectivity index (χ0n) is 30.4. The number of benzene rings is 1. The van der Waals surface area contributed by atoms with Crippen LogP contribution in [0.25, 0.3) is 11.3 Å². The van der Waals surface area contributed by atoms with Gasteiger partial charge in [0.1, 0.15) is 29.9 Å². The standard InChI is InChI=1S/C35H50N10O7/c1-6-7-16-44(29(46)20-40-34(49)51-4)21-28-38-19-26(41-28)32(47)37-15-14-36-24-12-10-23(11-13-24)25-18-39-31(42-25)27-9-8-17-45(27)33(48)30(22(2)3)43-35(50)52-5/h10-13,18-19,22,27,30,36H,6-9,14-17,20-21H2,1-5H3,(H,37,47)(H,38,41)(H,39,42)(H,40,49)(H,43,50)/t27-,30-/m0/s1. The minimum Gasteiger partial charge on any atom is -0.453 e. The number of ether oxygens (including phenoxy) is 2. The molecule has 52 heavy (non-hydrogen) atoms. The molecule has 3 aromatic rings. The topological polar surface area (TPSA) is 216 Å². The maximum atomic E-state index is 13.4. The molecule has 1 aromatic carbocycles. The van der Waals surface area contributed by atoms with E-state index in [1.165, 1.54) is 20.4 Å². The van der Waals surface area contributed by atoms with Gasteiger partial charge in [0, 0.05) is 31.9 Å². The van der Waals surface area contributed by atoms with Gasteiger partial charge in [0.05, 0.1) is 44.9 Å². The second-order valence-corrected chi connectivity index (χ2v) is 12.7. The molecule has 4 rings (SSSR count). The average Bonchev–Trinajstić information content (AvgIpc) is 3.94. The minimum atomic E-state index is -0.700. The number of alkyl carbamates (subject to hydrolysis) is 2. The van der Waals surface area contributed by atoms with E-state index in [0.29, 0.717) is 37.8 Å². The van der Waals surface area contributed by atoms with Crippen molar-refractivity contribution in [3.05, 3.63) is 54.0 Å². The average molecular weight is 723 g/mol. The summed E-state index contributed by atoms with van der Waals surface area (Å²) in [5.41, 5.74) is 2.88. The third-order valence-corrected chi connectivity index (χ3v) is 8.69. The molecule has 5 amide bonds. The maximum absolute atomic E-state index is 13.4. The molecule has 1 aliphatic rings. The summed E-state index contributed by atoms with van der Waals surface area (Å²) in [6.07, 6.45) is 5.11.